The molecule has 0 aliphatic rings. The molecule has 0 aliphatic heterocycles. The zero-order valence-electron chi connectivity index (χ0n) is 7.30. The van der Waals surface area contributed by atoms with Gasteiger partial charge in [-0.2, -0.15) is 0 Å². The van der Waals surface area contributed by atoms with Gasteiger partial charge in [-0.25, -0.2) is 0 Å². The largest absolute Gasteiger partial charge is 0.463 e. The monoisotopic (exact) mass is 159 g/mol. The summed E-state index contributed by atoms with van der Waals surface area (Å²) >= 11 is 0. The molecule has 0 amide bonds. The number of hydrogen-bond donors (Lipinski definition) is 1. The predicted octanol–water partition coefficient (Wildman–Crippen LogP) is 1.07. The molecule has 0 spiro atoms. The molecule has 0 fully saturated rings. The van der Waals surface area contributed by atoms with Gasteiger partial charge in [-0.1, -0.05) is 0 Å². The Labute approximate surface area is 67.9 Å². The zero-order chi connectivity index (χ0) is 8.69. The van der Waals surface area contributed by atoms with Crippen molar-refractivity contribution in [3.63, 3.8) is 0 Å². The third kappa shape index (κ3) is 7.33. The summed E-state index contributed by atoms with van der Waals surface area (Å²) in [5, 5.41) is 0. The van der Waals surface area contributed by atoms with E-state index < -0.39 is 0 Å². The predicted molar refractivity (Wildman–Crippen MR) is 44.1 cm³/mol. The normalized spacial score (nSPS) is 10.2. The highest BCUT2D eigenvalue weighted by atomic mass is 16.5. The first kappa shape index (κ1) is 10.4. The number of carbonyl (C=O) groups excluding carboxylic acids is 1. The molecule has 3 heteroatoms. The Morgan fingerprint density at radius 2 is 2.09 bits per heavy atom. The van der Waals surface area contributed by atoms with Crippen molar-refractivity contribution in [2.45, 2.75) is 39.2 Å². The van der Waals surface area contributed by atoms with Crippen LogP contribution in [0.15, 0.2) is 0 Å². The van der Waals surface area contributed by atoms with Crippen LogP contribution in [0.25, 0.3) is 0 Å². The maximum Gasteiger partial charge on any atom is 0.306 e. The summed E-state index contributed by atoms with van der Waals surface area (Å²) in [5.74, 6) is -0.117. The van der Waals surface area contributed by atoms with E-state index in [1.807, 2.05) is 13.8 Å². The van der Waals surface area contributed by atoms with E-state index in [0.717, 1.165) is 12.8 Å². The first-order valence-electron chi connectivity index (χ1n) is 4.06. The molecule has 0 unspecified atom stereocenters. The van der Waals surface area contributed by atoms with Crippen molar-refractivity contribution in [1.82, 2.24) is 0 Å². The van der Waals surface area contributed by atoms with E-state index in [9.17, 15) is 4.79 Å². The van der Waals surface area contributed by atoms with Gasteiger partial charge < -0.3 is 10.5 Å². The van der Waals surface area contributed by atoms with Gasteiger partial charge in [0.15, 0.2) is 0 Å². The Morgan fingerprint density at radius 3 is 2.55 bits per heavy atom. The lowest BCUT2D eigenvalue weighted by molar-refractivity contribution is -0.147. The van der Waals surface area contributed by atoms with E-state index in [-0.39, 0.29) is 12.1 Å². The molecule has 11 heavy (non-hydrogen) atoms. The maximum atomic E-state index is 10.9. The first-order valence-corrected chi connectivity index (χ1v) is 4.06. The fourth-order valence-electron chi connectivity index (χ4n) is 0.735. The molecular formula is C8H17NO2. The Hall–Kier alpha value is -0.570. The van der Waals surface area contributed by atoms with Gasteiger partial charge >= 0.3 is 5.97 Å². The number of hydrogen-bond acceptors (Lipinski definition) is 3. The highest BCUT2D eigenvalue weighted by Gasteiger charge is 2.03. The van der Waals surface area contributed by atoms with Crippen molar-refractivity contribution in [3.05, 3.63) is 0 Å². The van der Waals surface area contributed by atoms with E-state index in [1.165, 1.54) is 0 Å². The van der Waals surface area contributed by atoms with Gasteiger partial charge in [0.2, 0.25) is 0 Å². The average Bonchev–Trinajstić information content (AvgIpc) is 1.86. The lowest BCUT2D eigenvalue weighted by Crippen LogP contribution is -2.11. The van der Waals surface area contributed by atoms with Gasteiger partial charge in [-0.3, -0.25) is 4.79 Å². The van der Waals surface area contributed by atoms with Crippen molar-refractivity contribution < 1.29 is 9.53 Å². The molecule has 66 valence electrons. The summed E-state index contributed by atoms with van der Waals surface area (Å²) in [6.07, 6.45) is 2.23. The van der Waals surface area contributed by atoms with Crippen LogP contribution < -0.4 is 5.73 Å². The summed E-state index contributed by atoms with van der Waals surface area (Å²) in [6, 6.07) is 0. The number of unbranched alkanes of at least 4 members (excludes halogenated alkanes) is 1. The van der Waals surface area contributed by atoms with Crippen molar-refractivity contribution in [2.75, 3.05) is 6.54 Å². The van der Waals surface area contributed by atoms with E-state index in [0.29, 0.717) is 13.0 Å². The minimum absolute atomic E-state index is 0.000349. The Morgan fingerprint density at radius 1 is 1.45 bits per heavy atom. The van der Waals surface area contributed by atoms with Gasteiger partial charge in [0.1, 0.15) is 0 Å². The second-order valence-electron chi connectivity index (χ2n) is 2.78. The molecule has 0 aromatic carbocycles. The summed E-state index contributed by atoms with van der Waals surface area (Å²) in [7, 11) is 0. The number of carbonyl (C=O) groups is 1. The van der Waals surface area contributed by atoms with Crippen LogP contribution in [0.3, 0.4) is 0 Å². The maximum absolute atomic E-state index is 10.9. The number of nitrogens with two attached hydrogens (primary N) is 1. The first-order chi connectivity index (χ1) is 5.16. The molecule has 0 aromatic rings. The molecule has 0 atom stereocenters. The summed E-state index contributed by atoms with van der Waals surface area (Å²) < 4.78 is 4.92. The standard InChI is InChI=1S/C8H17NO2/c1-7(2)11-8(10)5-3-4-6-9/h7H,3-6,9H2,1-2H3. The molecule has 0 saturated carbocycles. The second-order valence-corrected chi connectivity index (χ2v) is 2.78. The van der Waals surface area contributed by atoms with Crippen molar-refractivity contribution >= 4 is 5.97 Å². The Balaban J connectivity index is 3.23. The molecule has 0 heterocycles. The highest BCUT2D eigenvalue weighted by molar-refractivity contribution is 5.69. The molecule has 0 rings (SSSR count). The Kier molecular flexibility index (Phi) is 5.84. The summed E-state index contributed by atoms with van der Waals surface area (Å²) in [4.78, 5) is 10.9. The zero-order valence-corrected chi connectivity index (χ0v) is 7.30. The van der Waals surface area contributed by atoms with Gasteiger partial charge in [0.25, 0.3) is 0 Å². The minimum atomic E-state index is -0.117. The van der Waals surface area contributed by atoms with Gasteiger partial charge in [-0.05, 0) is 33.2 Å². The van der Waals surface area contributed by atoms with Crippen LogP contribution in [0.2, 0.25) is 0 Å². The fraction of sp³-hybridized carbons (Fsp3) is 0.875. The topological polar surface area (TPSA) is 52.3 Å². The molecule has 0 aliphatic carbocycles. The molecule has 2 N–H and O–H groups in total. The van der Waals surface area contributed by atoms with E-state index in [1.54, 1.807) is 0 Å². The number of ether oxygens (including phenoxy) is 1. The molecule has 0 radical (unpaired) electrons. The highest BCUT2D eigenvalue weighted by Crippen LogP contribution is 1.98. The molecule has 0 bridgehead atoms. The number of esters is 1. The minimum Gasteiger partial charge on any atom is -0.463 e. The van der Waals surface area contributed by atoms with E-state index in [2.05, 4.69) is 0 Å². The summed E-state index contributed by atoms with van der Waals surface area (Å²) in [6.45, 7) is 4.34. The second kappa shape index (κ2) is 6.16. The van der Waals surface area contributed by atoms with Gasteiger partial charge in [0.05, 0.1) is 6.10 Å². The van der Waals surface area contributed by atoms with Crippen LogP contribution in [-0.2, 0) is 9.53 Å². The van der Waals surface area contributed by atoms with Crippen molar-refractivity contribution in [3.8, 4) is 0 Å². The lowest BCUT2D eigenvalue weighted by atomic mass is 10.2. The quantitative estimate of drug-likeness (QED) is 0.482. The summed E-state index contributed by atoms with van der Waals surface area (Å²) in [5.41, 5.74) is 5.26. The van der Waals surface area contributed by atoms with Crippen molar-refractivity contribution in [1.29, 1.82) is 0 Å². The average molecular weight is 159 g/mol. The SMILES string of the molecule is CC(C)OC(=O)CCCCN. The third-order valence-corrected chi connectivity index (χ3v) is 1.20. The van der Waals surface area contributed by atoms with Crippen LogP contribution in [-0.4, -0.2) is 18.6 Å². The van der Waals surface area contributed by atoms with Crippen molar-refractivity contribution in [2.24, 2.45) is 5.73 Å². The van der Waals surface area contributed by atoms with E-state index >= 15 is 0 Å². The van der Waals surface area contributed by atoms with Gasteiger partial charge in [-0.15, -0.1) is 0 Å². The van der Waals surface area contributed by atoms with Gasteiger partial charge in [0, 0.05) is 6.42 Å². The third-order valence-electron chi connectivity index (χ3n) is 1.20. The molecule has 0 saturated heterocycles. The van der Waals surface area contributed by atoms with Crippen LogP contribution in [0.5, 0.6) is 0 Å². The fourth-order valence-corrected chi connectivity index (χ4v) is 0.735. The smallest absolute Gasteiger partial charge is 0.306 e. The van der Waals surface area contributed by atoms with Crippen LogP contribution in [0, 0.1) is 0 Å². The van der Waals surface area contributed by atoms with Crippen LogP contribution >= 0.6 is 0 Å². The van der Waals surface area contributed by atoms with E-state index in [4.69, 9.17) is 10.5 Å². The number of rotatable bonds is 5. The molecule has 0 aromatic heterocycles. The molecular weight excluding hydrogens is 142 g/mol. The van der Waals surface area contributed by atoms with Crippen LogP contribution in [0.1, 0.15) is 33.1 Å². The Bertz CT molecular complexity index is 113. The van der Waals surface area contributed by atoms with Crippen LogP contribution in [0.4, 0.5) is 0 Å². The lowest BCUT2D eigenvalue weighted by Gasteiger charge is -2.06. The molecule has 3 nitrogen and oxygen atoms in total.